The number of quaternary nitrogens is 1. The fraction of sp³-hybridized carbons (Fsp3) is 0.914. The molecular weight excluding hydrogens is 577 g/mol. The summed E-state index contributed by atoms with van der Waals surface area (Å²) in [4.78, 5) is 22.5. The van der Waals surface area contributed by atoms with Gasteiger partial charge in [-0.05, 0) is 38.5 Å². The van der Waals surface area contributed by atoms with E-state index in [1.54, 1.807) is 0 Å². The number of carbonyl (C=O) groups is 1. The lowest BCUT2D eigenvalue weighted by Crippen LogP contribution is -2.37. The topological polar surface area (TPSA) is 91.3 Å². The van der Waals surface area contributed by atoms with Crippen molar-refractivity contribution in [2.75, 3.05) is 54.1 Å². The standard InChI is InChI=1S/C35H70NO7P/c1-6-8-10-12-14-15-16-17-18-19-20-21-22-23-25-27-30-40-32-34(43-35(37)28-26-24-13-11-9-7-2)33-42-44(38,39)41-31-29-36(3,4)5/h17-18,34H,6-16,19-33H2,1-5H3/p+1/b18-17-. The minimum absolute atomic E-state index is 0.0895. The highest BCUT2D eigenvalue weighted by molar-refractivity contribution is 7.47. The van der Waals surface area contributed by atoms with E-state index in [1.165, 1.54) is 96.3 Å². The Morgan fingerprint density at radius 2 is 1.18 bits per heavy atom. The molecule has 0 aliphatic rings. The molecule has 0 rings (SSSR count). The number of unbranched alkanes of at least 4 members (excludes halogenated alkanes) is 17. The van der Waals surface area contributed by atoms with E-state index in [9.17, 15) is 14.3 Å². The normalized spacial score (nSPS) is 14.2. The second-order valence-corrected chi connectivity index (χ2v) is 14.7. The van der Waals surface area contributed by atoms with E-state index in [2.05, 4.69) is 26.0 Å². The van der Waals surface area contributed by atoms with Crippen molar-refractivity contribution in [2.45, 2.75) is 155 Å². The number of phosphoric acid groups is 1. The van der Waals surface area contributed by atoms with Crippen LogP contribution < -0.4 is 0 Å². The third kappa shape index (κ3) is 32.6. The van der Waals surface area contributed by atoms with Gasteiger partial charge in [-0.3, -0.25) is 13.8 Å². The van der Waals surface area contributed by atoms with Gasteiger partial charge in [0, 0.05) is 13.0 Å². The molecule has 0 fully saturated rings. The van der Waals surface area contributed by atoms with Gasteiger partial charge in [0.2, 0.25) is 0 Å². The molecule has 0 heterocycles. The van der Waals surface area contributed by atoms with E-state index < -0.39 is 13.9 Å². The van der Waals surface area contributed by atoms with E-state index in [1.807, 2.05) is 21.1 Å². The predicted molar refractivity (Wildman–Crippen MR) is 183 cm³/mol. The molecule has 2 atom stereocenters. The predicted octanol–water partition coefficient (Wildman–Crippen LogP) is 9.54. The minimum Gasteiger partial charge on any atom is -0.457 e. The van der Waals surface area contributed by atoms with E-state index >= 15 is 0 Å². The first-order valence-corrected chi connectivity index (χ1v) is 19.4. The average Bonchev–Trinajstić information content (AvgIpc) is 2.96. The van der Waals surface area contributed by atoms with Crippen LogP contribution in [0.4, 0.5) is 0 Å². The van der Waals surface area contributed by atoms with Gasteiger partial charge in [-0.1, -0.05) is 116 Å². The zero-order valence-electron chi connectivity index (χ0n) is 29.4. The van der Waals surface area contributed by atoms with E-state index in [4.69, 9.17) is 18.5 Å². The SMILES string of the molecule is CCCCCCCC/C=C\CCCCCCCCOCC(COP(=O)(O)OCC[N+](C)(C)C)OC(=O)CCCCCCCC. The lowest BCUT2D eigenvalue weighted by Gasteiger charge is -2.24. The summed E-state index contributed by atoms with van der Waals surface area (Å²) >= 11 is 0. The van der Waals surface area contributed by atoms with Gasteiger partial charge < -0.3 is 18.9 Å². The van der Waals surface area contributed by atoms with Crippen molar-refractivity contribution in [2.24, 2.45) is 0 Å². The second-order valence-electron chi connectivity index (χ2n) is 13.3. The highest BCUT2D eigenvalue weighted by Crippen LogP contribution is 2.43. The molecule has 44 heavy (non-hydrogen) atoms. The molecule has 0 spiro atoms. The summed E-state index contributed by atoms with van der Waals surface area (Å²) < 4.78 is 34.6. The number of hydrogen-bond acceptors (Lipinski definition) is 6. The highest BCUT2D eigenvalue weighted by atomic mass is 31.2. The Bertz CT molecular complexity index is 726. The number of likely N-dealkylation sites (N-methyl/N-ethyl adjacent to an activating group) is 1. The maximum absolute atomic E-state index is 12.4. The van der Waals surface area contributed by atoms with Gasteiger partial charge >= 0.3 is 13.8 Å². The first kappa shape index (κ1) is 43.2. The zero-order chi connectivity index (χ0) is 32.8. The highest BCUT2D eigenvalue weighted by Gasteiger charge is 2.26. The van der Waals surface area contributed by atoms with Crippen LogP contribution in [0.1, 0.15) is 149 Å². The zero-order valence-corrected chi connectivity index (χ0v) is 30.3. The number of ether oxygens (including phenoxy) is 2. The van der Waals surface area contributed by atoms with Crippen LogP contribution in [0.25, 0.3) is 0 Å². The molecular formula is C35H71NO7P+. The van der Waals surface area contributed by atoms with Crippen LogP contribution in [0.15, 0.2) is 12.2 Å². The minimum atomic E-state index is -4.25. The summed E-state index contributed by atoms with van der Waals surface area (Å²) in [5.41, 5.74) is 0. The van der Waals surface area contributed by atoms with Gasteiger partial charge in [-0.15, -0.1) is 0 Å². The van der Waals surface area contributed by atoms with E-state index in [0.29, 0.717) is 24.1 Å². The maximum atomic E-state index is 12.4. The summed E-state index contributed by atoms with van der Waals surface area (Å²) in [6, 6.07) is 0. The number of hydrogen-bond donors (Lipinski definition) is 1. The maximum Gasteiger partial charge on any atom is 0.472 e. The molecule has 0 amide bonds. The largest absolute Gasteiger partial charge is 0.472 e. The van der Waals surface area contributed by atoms with Gasteiger partial charge in [-0.2, -0.15) is 0 Å². The van der Waals surface area contributed by atoms with Gasteiger partial charge in [0.15, 0.2) is 0 Å². The quantitative estimate of drug-likeness (QED) is 0.0249. The van der Waals surface area contributed by atoms with Crippen LogP contribution in [0.2, 0.25) is 0 Å². The second kappa shape index (κ2) is 29.6. The Balaban J connectivity index is 4.19. The van der Waals surface area contributed by atoms with Crippen molar-refractivity contribution in [3.05, 3.63) is 12.2 Å². The van der Waals surface area contributed by atoms with Gasteiger partial charge in [-0.25, -0.2) is 4.57 Å². The van der Waals surface area contributed by atoms with Crippen LogP contribution in [-0.4, -0.2) is 75.6 Å². The lowest BCUT2D eigenvalue weighted by molar-refractivity contribution is -0.870. The van der Waals surface area contributed by atoms with E-state index in [-0.39, 0.29) is 25.8 Å². The summed E-state index contributed by atoms with van der Waals surface area (Å²) in [6.07, 6.45) is 28.3. The molecule has 0 saturated carbocycles. The van der Waals surface area contributed by atoms with Crippen LogP contribution >= 0.6 is 7.82 Å². The molecule has 0 aromatic rings. The van der Waals surface area contributed by atoms with Gasteiger partial charge in [0.05, 0.1) is 34.4 Å². The monoisotopic (exact) mass is 648 g/mol. The van der Waals surface area contributed by atoms with E-state index in [0.717, 1.165) is 32.1 Å². The summed E-state index contributed by atoms with van der Waals surface area (Å²) in [5.74, 6) is -0.325. The third-order valence-electron chi connectivity index (χ3n) is 7.58. The van der Waals surface area contributed by atoms with Gasteiger partial charge in [0.25, 0.3) is 0 Å². The molecule has 2 unspecified atom stereocenters. The first-order chi connectivity index (χ1) is 21.1. The molecule has 0 radical (unpaired) electrons. The Kier molecular flexibility index (Phi) is 29.1. The molecule has 1 N–H and O–H groups in total. The van der Waals surface area contributed by atoms with Crippen molar-refractivity contribution in [3.8, 4) is 0 Å². The molecule has 9 heteroatoms. The van der Waals surface area contributed by atoms with Gasteiger partial charge in [0.1, 0.15) is 19.3 Å². The number of phosphoric ester groups is 1. The Morgan fingerprint density at radius 1 is 0.682 bits per heavy atom. The van der Waals surface area contributed by atoms with Crippen LogP contribution in [0.5, 0.6) is 0 Å². The van der Waals surface area contributed by atoms with Crippen LogP contribution in [0.3, 0.4) is 0 Å². The summed E-state index contributed by atoms with van der Waals surface area (Å²) in [7, 11) is 1.66. The molecule has 0 aromatic heterocycles. The number of allylic oxidation sites excluding steroid dienone is 2. The Morgan fingerprint density at radius 3 is 1.73 bits per heavy atom. The average molecular weight is 649 g/mol. The molecule has 262 valence electrons. The smallest absolute Gasteiger partial charge is 0.457 e. The Labute approximate surface area is 271 Å². The van der Waals surface area contributed by atoms with Crippen LogP contribution in [-0.2, 0) is 27.9 Å². The number of esters is 1. The first-order valence-electron chi connectivity index (χ1n) is 17.9. The molecule has 0 saturated heterocycles. The molecule has 0 aliphatic carbocycles. The third-order valence-corrected chi connectivity index (χ3v) is 8.56. The Hall–Kier alpha value is -0.760. The van der Waals surface area contributed by atoms with Crippen molar-refractivity contribution in [1.29, 1.82) is 0 Å². The fourth-order valence-corrected chi connectivity index (χ4v) is 5.46. The number of carbonyl (C=O) groups excluding carboxylic acids is 1. The van der Waals surface area contributed by atoms with Crippen LogP contribution in [0, 0.1) is 0 Å². The van der Waals surface area contributed by atoms with Crippen molar-refractivity contribution in [3.63, 3.8) is 0 Å². The number of nitrogens with zero attached hydrogens (tertiary/aromatic N) is 1. The van der Waals surface area contributed by atoms with Crippen molar-refractivity contribution < 1.29 is 37.3 Å². The molecule has 8 nitrogen and oxygen atoms in total. The molecule has 0 aliphatic heterocycles. The lowest BCUT2D eigenvalue weighted by atomic mass is 10.1. The van der Waals surface area contributed by atoms with Crippen molar-refractivity contribution >= 4 is 13.8 Å². The molecule has 0 aromatic carbocycles. The summed E-state index contributed by atoms with van der Waals surface area (Å²) in [5, 5.41) is 0. The number of rotatable bonds is 33. The molecule has 0 bridgehead atoms. The fourth-order valence-electron chi connectivity index (χ4n) is 4.72. The summed E-state index contributed by atoms with van der Waals surface area (Å²) in [6.45, 7) is 5.54. The van der Waals surface area contributed by atoms with Crippen molar-refractivity contribution in [1.82, 2.24) is 0 Å².